The van der Waals surface area contributed by atoms with Gasteiger partial charge in [0.05, 0.1) is 6.04 Å². The summed E-state index contributed by atoms with van der Waals surface area (Å²) in [6.07, 6.45) is 8.25. The van der Waals surface area contributed by atoms with Crippen molar-refractivity contribution in [2.75, 3.05) is 0 Å². The zero-order chi connectivity index (χ0) is 17.4. The molecule has 0 spiro atoms. The van der Waals surface area contributed by atoms with Gasteiger partial charge in [0.2, 0.25) is 0 Å². The lowest BCUT2D eigenvalue weighted by Gasteiger charge is -2.36. The molecule has 1 amide bonds. The molecule has 2 aliphatic rings. The van der Waals surface area contributed by atoms with Crippen LogP contribution in [0.5, 0.6) is 0 Å². The second kappa shape index (κ2) is 6.26. The summed E-state index contributed by atoms with van der Waals surface area (Å²) in [4.78, 5) is 17.4. The lowest BCUT2D eigenvalue weighted by molar-refractivity contribution is 0.0906. The van der Waals surface area contributed by atoms with Crippen LogP contribution in [0, 0.1) is 13.8 Å². The summed E-state index contributed by atoms with van der Waals surface area (Å²) in [5, 5.41) is 7.13. The third-order valence-corrected chi connectivity index (χ3v) is 5.92. The SMILES string of the molecule is Cc1cccc(C)c1C(=O)NC(c1cccnc1)C12CCC(CC1)N2. The average Bonchev–Trinajstić information content (AvgIpc) is 3.22. The molecule has 1 atom stereocenters. The van der Waals surface area contributed by atoms with E-state index < -0.39 is 0 Å². The molecule has 2 N–H and O–H groups in total. The molecular weight excluding hydrogens is 310 g/mol. The summed E-state index contributed by atoms with van der Waals surface area (Å²) >= 11 is 0. The van der Waals surface area contributed by atoms with Crippen molar-refractivity contribution in [1.82, 2.24) is 15.6 Å². The van der Waals surface area contributed by atoms with Crippen molar-refractivity contribution in [2.45, 2.75) is 57.2 Å². The third-order valence-electron chi connectivity index (χ3n) is 5.92. The number of rotatable bonds is 4. The van der Waals surface area contributed by atoms with Crippen molar-refractivity contribution < 1.29 is 4.79 Å². The number of nitrogens with zero attached hydrogens (tertiary/aromatic N) is 1. The number of carbonyl (C=O) groups excluding carboxylic acids is 1. The van der Waals surface area contributed by atoms with Gasteiger partial charge in [-0.25, -0.2) is 0 Å². The smallest absolute Gasteiger partial charge is 0.252 e. The molecule has 1 aromatic carbocycles. The Bertz CT molecular complexity index is 759. The van der Waals surface area contributed by atoms with Gasteiger partial charge in [-0.3, -0.25) is 9.78 Å². The quantitative estimate of drug-likeness (QED) is 0.900. The molecule has 1 aromatic heterocycles. The van der Waals surface area contributed by atoms with Gasteiger partial charge in [0.1, 0.15) is 0 Å². The number of carbonyl (C=O) groups is 1. The zero-order valence-electron chi connectivity index (χ0n) is 14.9. The van der Waals surface area contributed by atoms with Gasteiger partial charge in [0.25, 0.3) is 5.91 Å². The maximum absolute atomic E-state index is 13.1. The molecule has 1 unspecified atom stereocenters. The van der Waals surface area contributed by atoms with Gasteiger partial charge >= 0.3 is 0 Å². The monoisotopic (exact) mass is 335 g/mol. The first-order valence-electron chi connectivity index (χ1n) is 9.14. The largest absolute Gasteiger partial charge is 0.343 e. The number of aryl methyl sites for hydroxylation is 2. The predicted molar refractivity (Wildman–Crippen MR) is 98.5 cm³/mol. The van der Waals surface area contributed by atoms with Crippen LogP contribution in [0.2, 0.25) is 0 Å². The van der Waals surface area contributed by atoms with Gasteiger partial charge in [0, 0.05) is 29.5 Å². The van der Waals surface area contributed by atoms with E-state index in [9.17, 15) is 4.79 Å². The first-order chi connectivity index (χ1) is 12.1. The third kappa shape index (κ3) is 2.85. The van der Waals surface area contributed by atoms with Crippen LogP contribution in [-0.4, -0.2) is 22.5 Å². The number of nitrogens with one attached hydrogen (secondary N) is 2. The number of pyridine rings is 1. The number of amides is 1. The maximum Gasteiger partial charge on any atom is 0.252 e. The highest BCUT2D eigenvalue weighted by atomic mass is 16.1. The molecule has 4 rings (SSSR count). The van der Waals surface area contributed by atoms with E-state index in [0.29, 0.717) is 6.04 Å². The second-order valence-corrected chi connectivity index (χ2v) is 7.53. The summed E-state index contributed by atoms with van der Waals surface area (Å²) in [5.41, 5.74) is 3.87. The molecule has 0 saturated carbocycles. The van der Waals surface area contributed by atoms with Crippen LogP contribution in [0.15, 0.2) is 42.7 Å². The van der Waals surface area contributed by atoms with E-state index in [1.54, 1.807) is 6.20 Å². The van der Waals surface area contributed by atoms with E-state index in [1.807, 2.05) is 44.3 Å². The van der Waals surface area contributed by atoms with Crippen LogP contribution in [0.25, 0.3) is 0 Å². The molecule has 3 heterocycles. The molecule has 2 aromatic rings. The van der Waals surface area contributed by atoms with Crippen molar-refractivity contribution in [3.63, 3.8) is 0 Å². The molecule has 4 heteroatoms. The molecule has 2 bridgehead atoms. The fourth-order valence-electron chi connectivity index (χ4n) is 4.66. The van der Waals surface area contributed by atoms with E-state index in [-0.39, 0.29) is 17.5 Å². The van der Waals surface area contributed by atoms with Crippen molar-refractivity contribution in [1.29, 1.82) is 0 Å². The Labute approximate surface area is 149 Å². The Kier molecular flexibility index (Phi) is 4.08. The first-order valence-corrected chi connectivity index (χ1v) is 9.14. The zero-order valence-corrected chi connectivity index (χ0v) is 14.9. The van der Waals surface area contributed by atoms with Gasteiger partial charge < -0.3 is 10.6 Å². The maximum atomic E-state index is 13.1. The summed E-state index contributed by atoms with van der Waals surface area (Å²) in [7, 11) is 0. The fraction of sp³-hybridized carbons (Fsp3) is 0.429. The first kappa shape index (κ1) is 16.3. The lowest BCUT2D eigenvalue weighted by atomic mass is 9.79. The normalized spacial score (nSPS) is 25.8. The minimum absolute atomic E-state index is 0.0102. The lowest BCUT2D eigenvalue weighted by Crippen LogP contribution is -2.50. The Morgan fingerprint density at radius 3 is 2.48 bits per heavy atom. The van der Waals surface area contributed by atoms with E-state index in [0.717, 1.165) is 35.1 Å². The Morgan fingerprint density at radius 1 is 1.20 bits per heavy atom. The van der Waals surface area contributed by atoms with E-state index in [1.165, 1.54) is 12.8 Å². The molecule has 130 valence electrons. The van der Waals surface area contributed by atoms with Gasteiger partial charge in [-0.05, 0) is 62.3 Å². The molecule has 0 aliphatic carbocycles. The van der Waals surface area contributed by atoms with Crippen molar-refractivity contribution >= 4 is 5.91 Å². The average molecular weight is 335 g/mol. The Morgan fingerprint density at radius 2 is 1.92 bits per heavy atom. The van der Waals surface area contributed by atoms with Crippen LogP contribution in [-0.2, 0) is 0 Å². The van der Waals surface area contributed by atoms with E-state index in [2.05, 4.69) is 21.7 Å². The van der Waals surface area contributed by atoms with Gasteiger partial charge in [-0.1, -0.05) is 24.3 Å². The summed E-state index contributed by atoms with van der Waals surface area (Å²) in [6.45, 7) is 4.00. The molecule has 2 saturated heterocycles. The predicted octanol–water partition coefficient (Wildman–Crippen LogP) is 3.45. The molecule has 25 heavy (non-hydrogen) atoms. The molecule has 0 radical (unpaired) electrons. The summed E-state index contributed by atoms with van der Waals surface area (Å²) in [6, 6.07) is 10.6. The van der Waals surface area contributed by atoms with Gasteiger partial charge in [0.15, 0.2) is 0 Å². The Balaban J connectivity index is 1.69. The highest BCUT2D eigenvalue weighted by Crippen LogP contribution is 2.45. The van der Waals surface area contributed by atoms with Gasteiger partial charge in [-0.15, -0.1) is 0 Å². The topological polar surface area (TPSA) is 54.0 Å². The number of hydrogen-bond donors (Lipinski definition) is 2. The van der Waals surface area contributed by atoms with Gasteiger partial charge in [-0.2, -0.15) is 0 Å². The Hall–Kier alpha value is -2.20. The van der Waals surface area contributed by atoms with Crippen molar-refractivity contribution in [3.05, 3.63) is 65.0 Å². The standard InChI is InChI=1S/C21H25N3O/c1-14-5-3-6-15(2)18(14)20(25)23-19(16-7-4-12-22-13-16)21-10-8-17(24-21)9-11-21/h3-7,12-13,17,19,24H,8-11H2,1-2H3,(H,23,25). The van der Waals surface area contributed by atoms with E-state index in [4.69, 9.17) is 0 Å². The molecule has 2 fully saturated rings. The highest BCUT2D eigenvalue weighted by Gasteiger charge is 2.50. The second-order valence-electron chi connectivity index (χ2n) is 7.53. The minimum Gasteiger partial charge on any atom is -0.343 e. The molecule has 2 aliphatic heterocycles. The van der Waals surface area contributed by atoms with E-state index >= 15 is 0 Å². The molecule has 4 nitrogen and oxygen atoms in total. The number of hydrogen-bond acceptors (Lipinski definition) is 3. The highest BCUT2D eigenvalue weighted by molar-refractivity contribution is 5.97. The minimum atomic E-state index is -0.0554. The summed E-state index contributed by atoms with van der Waals surface area (Å²) in [5.74, 6) is 0.0102. The number of aromatic nitrogens is 1. The van der Waals surface area contributed by atoms with Crippen LogP contribution in [0.4, 0.5) is 0 Å². The van der Waals surface area contributed by atoms with Crippen molar-refractivity contribution in [3.8, 4) is 0 Å². The fourth-order valence-corrected chi connectivity index (χ4v) is 4.66. The molecular formula is C21H25N3O. The van der Waals surface area contributed by atoms with Crippen LogP contribution in [0.1, 0.15) is 58.8 Å². The van der Waals surface area contributed by atoms with Crippen molar-refractivity contribution in [2.24, 2.45) is 0 Å². The summed E-state index contributed by atoms with van der Waals surface area (Å²) < 4.78 is 0. The van der Waals surface area contributed by atoms with Crippen LogP contribution < -0.4 is 10.6 Å². The van der Waals surface area contributed by atoms with Crippen LogP contribution >= 0.6 is 0 Å². The number of benzene rings is 1. The number of fused-ring (bicyclic) bond motifs is 2. The van der Waals surface area contributed by atoms with Crippen LogP contribution in [0.3, 0.4) is 0 Å².